The fourth-order valence-electron chi connectivity index (χ4n) is 2.15. The maximum absolute atomic E-state index is 12.1. The minimum atomic E-state index is -0.635. The van der Waals surface area contributed by atoms with E-state index in [1.54, 1.807) is 0 Å². The molecule has 1 aromatic rings. The van der Waals surface area contributed by atoms with Gasteiger partial charge in [0.25, 0.3) is 0 Å². The summed E-state index contributed by atoms with van der Waals surface area (Å²) in [6.45, 7) is 4.24. The van der Waals surface area contributed by atoms with Gasteiger partial charge < -0.3 is 11.1 Å². The Morgan fingerprint density at radius 1 is 1.35 bits per heavy atom. The van der Waals surface area contributed by atoms with Crippen molar-refractivity contribution in [3.05, 3.63) is 29.8 Å². The molecule has 92 valence electrons. The zero-order valence-corrected chi connectivity index (χ0v) is 10.5. The molecule has 3 heteroatoms. The number of benzene rings is 1. The molecular formula is C14H20N2O. The maximum atomic E-state index is 12.1. The molecule has 0 heterocycles. The van der Waals surface area contributed by atoms with E-state index in [1.807, 2.05) is 24.3 Å². The fraction of sp³-hybridized carbons (Fsp3) is 0.500. The second kappa shape index (κ2) is 4.49. The van der Waals surface area contributed by atoms with Gasteiger partial charge in [0.05, 0.1) is 5.54 Å². The molecule has 0 saturated heterocycles. The highest BCUT2D eigenvalue weighted by Crippen LogP contribution is 2.31. The highest BCUT2D eigenvalue weighted by molar-refractivity contribution is 5.99. The number of anilines is 1. The first kappa shape index (κ1) is 12.1. The average Bonchev–Trinajstić information content (AvgIpc) is 2.26. The lowest BCUT2D eigenvalue weighted by atomic mass is 9.77. The number of rotatable bonds is 3. The molecule has 1 aliphatic carbocycles. The first-order valence-electron chi connectivity index (χ1n) is 6.22. The number of nitrogens with one attached hydrogen (secondary N) is 1. The van der Waals surface area contributed by atoms with Crippen molar-refractivity contribution in [1.82, 2.24) is 0 Å². The summed E-state index contributed by atoms with van der Waals surface area (Å²) >= 11 is 0. The molecule has 1 amide bonds. The Morgan fingerprint density at radius 2 is 2.00 bits per heavy atom. The monoisotopic (exact) mass is 232 g/mol. The molecule has 17 heavy (non-hydrogen) atoms. The van der Waals surface area contributed by atoms with E-state index in [9.17, 15) is 4.79 Å². The third-order valence-electron chi connectivity index (χ3n) is 3.53. The maximum Gasteiger partial charge on any atom is 0.244 e. The Bertz CT molecular complexity index is 422. The van der Waals surface area contributed by atoms with E-state index >= 15 is 0 Å². The number of para-hydroxylation sites is 1. The van der Waals surface area contributed by atoms with Crippen molar-refractivity contribution in [2.75, 3.05) is 5.32 Å². The van der Waals surface area contributed by atoms with Gasteiger partial charge in [-0.05, 0) is 36.8 Å². The van der Waals surface area contributed by atoms with Gasteiger partial charge in [0.15, 0.2) is 0 Å². The van der Waals surface area contributed by atoms with E-state index in [-0.39, 0.29) is 5.91 Å². The van der Waals surface area contributed by atoms with Crippen LogP contribution in [0.1, 0.15) is 44.6 Å². The molecule has 0 radical (unpaired) electrons. The summed E-state index contributed by atoms with van der Waals surface area (Å²) < 4.78 is 0. The smallest absolute Gasteiger partial charge is 0.244 e. The zero-order chi connectivity index (χ0) is 12.5. The van der Waals surface area contributed by atoms with E-state index < -0.39 is 5.54 Å². The topological polar surface area (TPSA) is 55.1 Å². The van der Waals surface area contributed by atoms with Gasteiger partial charge in [0, 0.05) is 5.69 Å². The van der Waals surface area contributed by atoms with Crippen LogP contribution in [-0.4, -0.2) is 11.4 Å². The Hall–Kier alpha value is -1.35. The highest BCUT2D eigenvalue weighted by atomic mass is 16.2. The lowest BCUT2D eigenvalue weighted by Crippen LogP contribution is -2.56. The van der Waals surface area contributed by atoms with Gasteiger partial charge in [-0.1, -0.05) is 32.0 Å². The van der Waals surface area contributed by atoms with Gasteiger partial charge >= 0.3 is 0 Å². The number of nitrogens with two attached hydrogens (primary N) is 1. The average molecular weight is 232 g/mol. The van der Waals surface area contributed by atoms with Crippen LogP contribution in [0.15, 0.2) is 24.3 Å². The van der Waals surface area contributed by atoms with Crippen LogP contribution in [0, 0.1) is 0 Å². The molecule has 1 saturated carbocycles. The molecule has 0 unspecified atom stereocenters. The minimum absolute atomic E-state index is 0.0446. The first-order chi connectivity index (χ1) is 8.03. The van der Waals surface area contributed by atoms with Crippen molar-refractivity contribution < 1.29 is 4.79 Å². The van der Waals surface area contributed by atoms with E-state index in [4.69, 9.17) is 5.73 Å². The van der Waals surface area contributed by atoms with E-state index in [0.717, 1.165) is 30.5 Å². The highest BCUT2D eigenvalue weighted by Gasteiger charge is 2.40. The van der Waals surface area contributed by atoms with Crippen molar-refractivity contribution in [3.8, 4) is 0 Å². The van der Waals surface area contributed by atoms with Crippen LogP contribution in [0.3, 0.4) is 0 Å². The summed E-state index contributed by atoms with van der Waals surface area (Å²) in [5.74, 6) is 0.346. The van der Waals surface area contributed by atoms with E-state index in [0.29, 0.717) is 5.92 Å². The number of hydrogen-bond donors (Lipinski definition) is 2. The molecule has 1 aliphatic rings. The molecule has 0 aromatic heterocycles. The molecule has 0 atom stereocenters. The van der Waals surface area contributed by atoms with Gasteiger partial charge in [-0.3, -0.25) is 4.79 Å². The van der Waals surface area contributed by atoms with Crippen LogP contribution in [-0.2, 0) is 4.79 Å². The number of hydrogen-bond acceptors (Lipinski definition) is 2. The zero-order valence-electron chi connectivity index (χ0n) is 10.5. The third-order valence-corrected chi connectivity index (χ3v) is 3.53. The second-order valence-corrected chi connectivity index (χ2v) is 5.21. The van der Waals surface area contributed by atoms with Crippen LogP contribution < -0.4 is 11.1 Å². The molecule has 2 rings (SSSR count). The normalized spacial score (nSPS) is 17.6. The molecular weight excluding hydrogens is 212 g/mol. The van der Waals surface area contributed by atoms with Gasteiger partial charge in [0.1, 0.15) is 0 Å². The number of carbonyl (C=O) groups excluding carboxylic acids is 1. The van der Waals surface area contributed by atoms with E-state index in [2.05, 4.69) is 19.2 Å². The van der Waals surface area contributed by atoms with Gasteiger partial charge in [-0.15, -0.1) is 0 Å². The first-order valence-corrected chi connectivity index (χ1v) is 6.22. The lowest BCUT2D eigenvalue weighted by molar-refractivity contribution is -0.123. The molecule has 0 bridgehead atoms. The lowest BCUT2D eigenvalue weighted by Gasteiger charge is -2.36. The molecule has 0 aliphatic heterocycles. The van der Waals surface area contributed by atoms with Crippen molar-refractivity contribution in [1.29, 1.82) is 0 Å². The van der Waals surface area contributed by atoms with Crippen LogP contribution in [0.4, 0.5) is 5.69 Å². The van der Waals surface area contributed by atoms with Gasteiger partial charge in [-0.25, -0.2) is 0 Å². The van der Waals surface area contributed by atoms with E-state index in [1.165, 1.54) is 0 Å². The van der Waals surface area contributed by atoms with Crippen LogP contribution in [0.25, 0.3) is 0 Å². The Morgan fingerprint density at radius 3 is 2.53 bits per heavy atom. The van der Waals surface area contributed by atoms with Crippen molar-refractivity contribution >= 4 is 11.6 Å². The van der Waals surface area contributed by atoms with Crippen LogP contribution in [0.2, 0.25) is 0 Å². The Balaban J connectivity index is 2.16. The SMILES string of the molecule is CC(C)c1ccccc1NC(=O)C1(N)CCC1. The van der Waals surface area contributed by atoms with Gasteiger partial charge in [-0.2, -0.15) is 0 Å². The third kappa shape index (κ3) is 2.34. The molecule has 1 fully saturated rings. The summed E-state index contributed by atoms with van der Waals surface area (Å²) in [7, 11) is 0. The molecule has 3 N–H and O–H groups in total. The summed E-state index contributed by atoms with van der Waals surface area (Å²) in [6.07, 6.45) is 2.64. The summed E-state index contributed by atoms with van der Waals surface area (Å²) in [4.78, 5) is 12.1. The molecule has 3 nitrogen and oxygen atoms in total. The van der Waals surface area contributed by atoms with Crippen LogP contribution >= 0.6 is 0 Å². The number of amides is 1. The predicted octanol–water partition coefficient (Wildman–Crippen LogP) is 2.63. The van der Waals surface area contributed by atoms with Crippen LogP contribution in [0.5, 0.6) is 0 Å². The summed E-state index contributed by atoms with van der Waals surface area (Å²) in [5, 5.41) is 2.97. The predicted molar refractivity (Wildman–Crippen MR) is 69.9 cm³/mol. The Labute approximate surface area is 102 Å². The minimum Gasteiger partial charge on any atom is -0.324 e. The van der Waals surface area contributed by atoms with Crippen molar-refractivity contribution in [3.63, 3.8) is 0 Å². The summed E-state index contributed by atoms with van der Waals surface area (Å²) in [5.41, 5.74) is 7.42. The van der Waals surface area contributed by atoms with Crippen molar-refractivity contribution in [2.24, 2.45) is 5.73 Å². The fourth-order valence-corrected chi connectivity index (χ4v) is 2.15. The standard InChI is InChI=1S/C14H20N2O/c1-10(2)11-6-3-4-7-12(11)16-13(17)14(15)8-5-9-14/h3-4,6-7,10H,5,8-9,15H2,1-2H3,(H,16,17). The largest absolute Gasteiger partial charge is 0.324 e. The van der Waals surface area contributed by atoms with Gasteiger partial charge in [0.2, 0.25) is 5.91 Å². The molecule has 0 spiro atoms. The molecule has 1 aromatic carbocycles. The quantitative estimate of drug-likeness (QED) is 0.841. The number of carbonyl (C=O) groups is 1. The second-order valence-electron chi connectivity index (χ2n) is 5.21. The van der Waals surface area contributed by atoms with Crippen molar-refractivity contribution in [2.45, 2.75) is 44.6 Å². The Kier molecular flexibility index (Phi) is 3.20. The summed E-state index contributed by atoms with van der Waals surface area (Å²) in [6, 6.07) is 7.91.